The van der Waals surface area contributed by atoms with Gasteiger partial charge in [0.2, 0.25) is 10.0 Å². The number of thiophene rings is 1. The number of hydrogen-bond acceptors (Lipinski definition) is 4. The predicted molar refractivity (Wildman–Crippen MR) is 67.4 cm³/mol. The van der Waals surface area contributed by atoms with E-state index >= 15 is 0 Å². The van der Waals surface area contributed by atoms with Gasteiger partial charge in [0.1, 0.15) is 0 Å². The van der Waals surface area contributed by atoms with Gasteiger partial charge in [-0.15, -0.1) is 11.3 Å². The molecule has 2 rings (SSSR count). The van der Waals surface area contributed by atoms with Crippen LogP contribution in [-0.4, -0.2) is 20.1 Å². The van der Waals surface area contributed by atoms with Gasteiger partial charge in [0.25, 0.3) is 0 Å². The van der Waals surface area contributed by atoms with E-state index < -0.39 is 10.0 Å². The van der Waals surface area contributed by atoms with Crippen LogP contribution in [-0.2, 0) is 16.6 Å². The average Bonchev–Trinajstić information content (AvgIpc) is 2.98. The average molecular weight is 275 g/mol. The third kappa shape index (κ3) is 3.77. The molecule has 0 unspecified atom stereocenters. The summed E-state index contributed by atoms with van der Waals surface area (Å²) in [6.07, 6.45) is 4.63. The first kappa shape index (κ1) is 13.0. The zero-order valence-corrected chi connectivity index (χ0v) is 11.2. The van der Waals surface area contributed by atoms with Crippen LogP contribution in [0.25, 0.3) is 0 Å². The summed E-state index contributed by atoms with van der Waals surface area (Å²) in [5.41, 5.74) is 0. The van der Waals surface area contributed by atoms with Gasteiger partial charge >= 0.3 is 0 Å². The fourth-order valence-corrected chi connectivity index (χ4v) is 3.88. The van der Waals surface area contributed by atoms with Gasteiger partial charge in [-0.3, -0.25) is 0 Å². The van der Waals surface area contributed by atoms with Crippen molar-refractivity contribution in [3.05, 3.63) is 16.3 Å². The van der Waals surface area contributed by atoms with Crippen molar-refractivity contribution in [3.63, 3.8) is 0 Å². The Hall–Kier alpha value is -0.430. The summed E-state index contributed by atoms with van der Waals surface area (Å²) in [6.45, 7) is 0.394. The fourth-order valence-electron chi connectivity index (χ4n) is 1.67. The lowest BCUT2D eigenvalue weighted by Crippen LogP contribution is -2.24. The Morgan fingerprint density at radius 2 is 2.24 bits per heavy atom. The van der Waals surface area contributed by atoms with E-state index in [9.17, 15) is 8.42 Å². The maximum Gasteiger partial charge on any atom is 0.241 e. The maximum atomic E-state index is 11.8. The van der Waals surface area contributed by atoms with Gasteiger partial charge in [0, 0.05) is 16.8 Å². The van der Waals surface area contributed by atoms with E-state index in [4.69, 9.17) is 5.11 Å². The van der Waals surface area contributed by atoms with Crippen LogP contribution in [0.2, 0.25) is 0 Å². The lowest BCUT2D eigenvalue weighted by atomic mass is 10.2. The van der Waals surface area contributed by atoms with Crippen LogP contribution < -0.4 is 4.72 Å². The summed E-state index contributed by atoms with van der Waals surface area (Å²) in [7, 11) is -3.38. The molecule has 0 bridgehead atoms. The van der Waals surface area contributed by atoms with Gasteiger partial charge in [-0.05, 0) is 24.8 Å². The summed E-state index contributed by atoms with van der Waals surface area (Å²) in [4.78, 5) is 0.932. The first-order valence-corrected chi connectivity index (χ1v) is 8.16. The molecule has 0 aliphatic heterocycles. The molecular formula is C11H17NO3S2. The van der Waals surface area contributed by atoms with Crippen molar-refractivity contribution in [2.24, 2.45) is 5.92 Å². The fraction of sp³-hybridized carbons (Fsp3) is 0.636. The van der Waals surface area contributed by atoms with Gasteiger partial charge in [0.05, 0.1) is 11.5 Å². The first-order chi connectivity index (χ1) is 8.12. The highest BCUT2D eigenvalue weighted by atomic mass is 32.2. The summed E-state index contributed by atoms with van der Waals surface area (Å²) in [5.74, 6) is 0.835. The number of nitrogens with one attached hydrogen (secondary N) is 1. The molecule has 0 spiro atoms. The molecule has 1 aromatic rings. The van der Waals surface area contributed by atoms with Crippen molar-refractivity contribution in [3.8, 4) is 0 Å². The minimum atomic E-state index is -3.38. The lowest BCUT2D eigenvalue weighted by Gasteiger charge is -2.04. The molecule has 4 nitrogen and oxygen atoms in total. The van der Waals surface area contributed by atoms with Gasteiger partial charge in [-0.25, -0.2) is 13.1 Å². The third-order valence-electron chi connectivity index (χ3n) is 2.87. The first-order valence-electron chi connectivity index (χ1n) is 5.80. The molecule has 1 fully saturated rings. The SMILES string of the molecule is O=S(=O)(NCCCC1CC1)c1csc(CO)c1. The van der Waals surface area contributed by atoms with E-state index in [0.29, 0.717) is 11.4 Å². The van der Waals surface area contributed by atoms with E-state index in [0.717, 1.165) is 18.8 Å². The molecule has 0 amide bonds. The van der Waals surface area contributed by atoms with E-state index in [1.807, 2.05) is 0 Å². The van der Waals surface area contributed by atoms with E-state index in [1.54, 1.807) is 5.38 Å². The summed E-state index contributed by atoms with van der Waals surface area (Å²) in [5, 5.41) is 10.5. The zero-order chi connectivity index (χ0) is 12.3. The van der Waals surface area contributed by atoms with Crippen LogP contribution in [0.4, 0.5) is 0 Å². The van der Waals surface area contributed by atoms with Crippen molar-refractivity contribution in [2.75, 3.05) is 6.54 Å². The van der Waals surface area contributed by atoms with Crippen LogP contribution in [0, 0.1) is 5.92 Å². The van der Waals surface area contributed by atoms with Crippen LogP contribution >= 0.6 is 11.3 Å². The van der Waals surface area contributed by atoms with Crippen molar-refractivity contribution in [1.82, 2.24) is 4.72 Å². The Bertz CT molecular complexity index is 463. The van der Waals surface area contributed by atoms with E-state index in [2.05, 4.69) is 4.72 Å². The zero-order valence-electron chi connectivity index (χ0n) is 9.55. The van der Waals surface area contributed by atoms with Crippen LogP contribution in [0.15, 0.2) is 16.3 Å². The van der Waals surface area contributed by atoms with E-state index in [-0.39, 0.29) is 11.5 Å². The van der Waals surface area contributed by atoms with Crippen molar-refractivity contribution < 1.29 is 13.5 Å². The number of hydrogen-bond donors (Lipinski definition) is 2. The minimum Gasteiger partial charge on any atom is -0.391 e. The Balaban J connectivity index is 1.84. The monoisotopic (exact) mass is 275 g/mol. The Labute approximate surface area is 106 Å². The molecule has 1 saturated carbocycles. The molecule has 17 heavy (non-hydrogen) atoms. The lowest BCUT2D eigenvalue weighted by molar-refractivity contribution is 0.285. The highest BCUT2D eigenvalue weighted by Crippen LogP contribution is 2.33. The molecule has 1 heterocycles. The molecule has 1 aliphatic rings. The molecule has 0 saturated heterocycles. The molecule has 2 N–H and O–H groups in total. The van der Waals surface area contributed by atoms with Crippen LogP contribution in [0.3, 0.4) is 0 Å². The van der Waals surface area contributed by atoms with E-state index in [1.165, 1.54) is 30.2 Å². The van der Waals surface area contributed by atoms with Crippen molar-refractivity contribution in [2.45, 2.75) is 37.2 Å². The Morgan fingerprint density at radius 3 is 2.82 bits per heavy atom. The molecule has 0 atom stereocenters. The quantitative estimate of drug-likeness (QED) is 0.744. The molecule has 0 radical (unpaired) electrons. The summed E-state index contributed by atoms with van der Waals surface area (Å²) in [6, 6.07) is 1.52. The molecule has 6 heteroatoms. The van der Waals surface area contributed by atoms with Crippen LogP contribution in [0.5, 0.6) is 0 Å². The van der Waals surface area contributed by atoms with Crippen LogP contribution in [0.1, 0.15) is 30.6 Å². The highest BCUT2D eigenvalue weighted by molar-refractivity contribution is 7.89. The molecular weight excluding hydrogens is 258 g/mol. The molecule has 96 valence electrons. The topological polar surface area (TPSA) is 66.4 Å². The third-order valence-corrected chi connectivity index (χ3v) is 5.39. The normalized spacial score (nSPS) is 16.3. The van der Waals surface area contributed by atoms with Gasteiger partial charge < -0.3 is 5.11 Å². The smallest absolute Gasteiger partial charge is 0.241 e. The predicted octanol–water partition coefficient (Wildman–Crippen LogP) is 1.71. The standard InChI is InChI=1S/C11H17NO3S2/c13-7-10-6-11(8-16-10)17(14,15)12-5-1-2-9-3-4-9/h6,8-9,12-13H,1-5,7H2. The molecule has 1 aromatic heterocycles. The Morgan fingerprint density at radius 1 is 1.47 bits per heavy atom. The van der Waals surface area contributed by atoms with Gasteiger partial charge in [-0.1, -0.05) is 12.8 Å². The van der Waals surface area contributed by atoms with Crippen molar-refractivity contribution in [1.29, 1.82) is 0 Å². The second kappa shape index (κ2) is 5.48. The molecule has 1 aliphatic carbocycles. The largest absolute Gasteiger partial charge is 0.391 e. The summed E-state index contributed by atoms with van der Waals surface area (Å²) < 4.78 is 26.3. The number of aliphatic hydroxyl groups is 1. The van der Waals surface area contributed by atoms with Gasteiger partial charge in [-0.2, -0.15) is 0 Å². The highest BCUT2D eigenvalue weighted by Gasteiger charge is 2.21. The number of rotatable bonds is 7. The Kier molecular flexibility index (Phi) is 4.19. The van der Waals surface area contributed by atoms with Gasteiger partial charge in [0.15, 0.2) is 0 Å². The minimum absolute atomic E-state index is 0.109. The second-order valence-corrected chi connectivity index (χ2v) is 7.15. The molecule has 0 aromatic carbocycles. The summed E-state index contributed by atoms with van der Waals surface area (Å²) >= 11 is 1.26. The second-order valence-electron chi connectivity index (χ2n) is 4.39. The number of aliphatic hydroxyl groups excluding tert-OH is 1. The number of sulfonamides is 1. The van der Waals surface area contributed by atoms with Crippen molar-refractivity contribution >= 4 is 21.4 Å². The maximum absolute atomic E-state index is 11.8.